The van der Waals surface area contributed by atoms with E-state index in [1.165, 1.54) is 17.5 Å². The van der Waals surface area contributed by atoms with Crippen molar-refractivity contribution in [2.45, 2.75) is 55.7 Å². The van der Waals surface area contributed by atoms with Crippen molar-refractivity contribution in [2.24, 2.45) is 5.16 Å². The molecule has 6 rings (SSSR count). The number of carbonyl (C=O) groups is 5. The summed E-state index contributed by atoms with van der Waals surface area (Å²) in [4.78, 5) is 75.6. The van der Waals surface area contributed by atoms with Crippen molar-refractivity contribution < 1.29 is 50.9 Å². The van der Waals surface area contributed by atoms with Crippen LogP contribution in [0.4, 0.5) is 5.13 Å². The average Bonchev–Trinajstić information content (AvgIpc) is 3.65. The second-order valence-electron chi connectivity index (χ2n) is 13.7. The van der Waals surface area contributed by atoms with Crippen LogP contribution in [0, 0.1) is 6.92 Å². The molecule has 16 nitrogen and oxygen atoms in total. The number of aromatic nitrogens is 1. The summed E-state index contributed by atoms with van der Waals surface area (Å²) < 4.78 is 44.0. The Kier molecular flexibility index (Phi) is 12.6. The molecule has 1 unspecified atom stereocenters. The Morgan fingerprint density at radius 1 is 1.00 bits per heavy atom. The summed E-state index contributed by atoms with van der Waals surface area (Å²) in [5.41, 5.74) is 0.254. The normalized spacial score (nSPS) is 16.8. The highest BCUT2D eigenvalue weighted by Gasteiger charge is 2.56. The molecule has 0 radical (unpaired) electrons. The number of fused-ring (bicyclic) bond motifs is 1. The SMILES string of the molecule is Cc1ccc(S(=O)(=O)OC2=C(C(=O)OC(c3ccccc3)c3ccccc3)N3C(=O)C(NC(=O)C(=NOCC(=O)OC(C)(C)C)c4csc(NC=O)n4)[C@H]3SC2)cc1. The van der Waals surface area contributed by atoms with Gasteiger partial charge in [0.2, 0.25) is 13.0 Å². The minimum Gasteiger partial charge on any atom is -0.457 e. The highest BCUT2D eigenvalue weighted by atomic mass is 32.2. The molecule has 19 heteroatoms. The van der Waals surface area contributed by atoms with Gasteiger partial charge in [0.25, 0.3) is 11.8 Å². The second-order valence-corrected chi connectivity index (χ2v) is 17.2. The standard InChI is InChI=1S/C39H37N5O11S3/c1-23-15-17-26(18-16-23)58(50,51)55-28-21-56-36-31(42-34(47)30(27-20-57-38(41-27)40-22-45)43-52-19-29(46)54-39(2,3)4)35(48)44(36)32(28)37(49)53-33(24-11-7-5-8-12-24)25-13-9-6-10-14-25/h5-18,20,22,31,33,36H,19,21H2,1-4H3,(H,42,47)(H,40,41,45)/t31?,36-/m1/s1. The summed E-state index contributed by atoms with van der Waals surface area (Å²) in [5.74, 6) is -4.12. The Labute approximate surface area is 341 Å². The summed E-state index contributed by atoms with van der Waals surface area (Å²) in [6.45, 7) is 6.11. The number of rotatable bonds is 15. The Bertz CT molecular complexity index is 2320. The van der Waals surface area contributed by atoms with Crippen LogP contribution < -0.4 is 10.6 Å². The molecule has 0 aliphatic carbocycles. The summed E-state index contributed by atoms with van der Waals surface area (Å²) in [6.07, 6.45) is -0.573. The third-order valence-corrected chi connectivity index (χ3v) is 11.6. The molecule has 0 spiro atoms. The number of esters is 2. The van der Waals surface area contributed by atoms with Crippen molar-refractivity contribution in [2.75, 3.05) is 17.7 Å². The van der Waals surface area contributed by atoms with E-state index in [1.54, 1.807) is 100 Å². The van der Waals surface area contributed by atoms with Gasteiger partial charge in [0.1, 0.15) is 27.6 Å². The van der Waals surface area contributed by atoms with E-state index in [2.05, 4.69) is 20.8 Å². The molecular formula is C39H37N5O11S3. The Morgan fingerprint density at radius 2 is 1.64 bits per heavy atom. The number of hydrogen-bond acceptors (Lipinski definition) is 15. The van der Waals surface area contributed by atoms with Gasteiger partial charge in [0.15, 0.2) is 28.4 Å². The lowest BCUT2D eigenvalue weighted by Gasteiger charge is -2.49. The smallest absolute Gasteiger partial charge is 0.359 e. The van der Waals surface area contributed by atoms with E-state index >= 15 is 0 Å². The lowest BCUT2D eigenvalue weighted by molar-refractivity contribution is -0.160. The first-order chi connectivity index (χ1) is 27.6. The summed E-state index contributed by atoms with van der Waals surface area (Å²) in [6, 6.07) is 22.3. The first kappa shape index (κ1) is 41.6. The molecular weight excluding hydrogens is 811 g/mol. The van der Waals surface area contributed by atoms with Crippen molar-refractivity contribution in [1.29, 1.82) is 0 Å². The Hall–Kier alpha value is -6.05. The van der Waals surface area contributed by atoms with Crippen LogP contribution in [-0.4, -0.2) is 83.6 Å². The molecule has 0 saturated carbocycles. The van der Waals surface area contributed by atoms with E-state index in [0.717, 1.165) is 33.6 Å². The zero-order chi connectivity index (χ0) is 41.6. The number of β-lactam (4-membered cyclic amide) rings is 1. The molecule has 3 amide bonds. The number of thioether (sulfide) groups is 1. The quantitative estimate of drug-likeness (QED) is 0.0424. The number of benzene rings is 3. The number of nitrogens with zero attached hydrogens (tertiary/aromatic N) is 3. The van der Waals surface area contributed by atoms with Crippen LogP contribution in [0.1, 0.15) is 49.3 Å². The zero-order valence-electron chi connectivity index (χ0n) is 31.4. The molecule has 2 aliphatic heterocycles. The fourth-order valence-electron chi connectivity index (χ4n) is 5.71. The van der Waals surface area contributed by atoms with Crippen molar-refractivity contribution >= 4 is 74.2 Å². The summed E-state index contributed by atoms with van der Waals surface area (Å²) >= 11 is 2.00. The molecule has 0 bridgehead atoms. The van der Waals surface area contributed by atoms with Gasteiger partial charge >= 0.3 is 22.1 Å². The van der Waals surface area contributed by atoms with Crippen LogP contribution in [-0.2, 0) is 52.6 Å². The number of hydrogen-bond donors (Lipinski definition) is 2. The maximum Gasteiger partial charge on any atom is 0.359 e. The van der Waals surface area contributed by atoms with E-state index in [4.69, 9.17) is 18.5 Å². The van der Waals surface area contributed by atoms with Crippen LogP contribution in [0.3, 0.4) is 0 Å². The van der Waals surface area contributed by atoms with Gasteiger partial charge < -0.3 is 29.1 Å². The summed E-state index contributed by atoms with van der Waals surface area (Å²) in [7, 11) is -4.49. The van der Waals surface area contributed by atoms with Gasteiger partial charge in [-0.15, -0.1) is 23.1 Å². The topological polar surface area (TPSA) is 209 Å². The van der Waals surface area contributed by atoms with Gasteiger partial charge in [-0.1, -0.05) is 83.5 Å². The molecule has 4 aromatic rings. The number of oxime groups is 1. The van der Waals surface area contributed by atoms with Crippen molar-refractivity contribution in [3.63, 3.8) is 0 Å². The molecule has 3 heterocycles. The lowest BCUT2D eigenvalue weighted by atomic mass is 10.0. The van der Waals surface area contributed by atoms with Crippen LogP contribution in [0.15, 0.2) is 112 Å². The third-order valence-electron chi connectivity index (χ3n) is 8.27. The lowest BCUT2D eigenvalue weighted by Crippen LogP contribution is -2.71. The molecule has 1 fully saturated rings. The molecule has 2 atom stereocenters. The number of thiazole rings is 1. The maximum absolute atomic E-state index is 14.3. The molecule has 2 N–H and O–H groups in total. The van der Waals surface area contributed by atoms with Crippen LogP contribution >= 0.6 is 23.1 Å². The number of aryl methyl sites for hydroxylation is 1. The largest absolute Gasteiger partial charge is 0.457 e. The molecule has 302 valence electrons. The van der Waals surface area contributed by atoms with E-state index in [-0.39, 0.29) is 27.2 Å². The van der Waals surface area contributed by atoms with Crippen LogP contribution in [0.25, 0.3) is 0 Å². The van der Waals surface area contributed by atoms with Crippen LogP contribution in [0.5, 0.6) is 0 Å². The van der Waals surface area contributed by atoms with Gasteiger partial charge in [-0.2, -0.15) is 8.42 Å². The first-order valence-electron chi connectivity index (χ1n) is 17.5. The number of anilines is 1. The van der Waals surface area contributed by atoms with Gasteiger partial charge in [0, 0.05) is 5.38 Å². The van der Waals surface area contributed by atoms with Gasteiger partial charge in [-0.25, -0.2) is 14.6 Å². The van der Waals surface area contributed by atoms with E-state index < -0.39 is 75.0 Å². The number of carbonyl (C=O) groups excluding carboxylic acids is 5. The van der Waals surface area contributed by atoms with Gasteiger partial charge in [0.05, 0.1) is 5.75 Å². The Morgan fingerprint density at radius 3 is 2.24 bits per heavy atom. The van der Waals surface area contributed by atoms with Crippen molar-refractivity contribution in [1.82, 2.24) is 15.2 Å². The van der Waals surface area contributed by atoms with Crippen LogP contribution in [0.2, 0.25) is 0 Å². The zero-order valence-corrected chi connectivity index (χ0v) is 33.9. The van der Waals surface area contributed by atoms with Gasteiger partial charge in [-0.3, -0.25) is 19.3 Å². The first-order valence-corrected chi connectivity index (χ1v) is 20.9. The molecule has 2 aliphatic rings. The number of amides is 3. The molecule has 1 aromatic heterocycles. The maximum atomic E-state index is 14.3. The van der Waals surface area contributed by atoms with Crippen molar-refractivity contribution in [3.05, 3.63) is 124 Å². The minimum atomic E-state index is -4.49. The highest BCUT2D eigenvalue weighted by Crippen LogP contribution is 2.43. The predicted molar refractivity (Wildman–Crippen MR) is 212 cm³/mol. The number of ether oxygens (including phenoxy) is 2. The predicted octanol–water partition coefficient (Wildman–Crippen LogP) is 4.43. The van der Waals surface area contributed by atoms with Gasteiger partial charge in [-0.05, 0) is 51.0 Å². The van der Waals surface area contributed by atoms with Crippen molar-refractivity contribution in [3.8, 4) is 0 Å². The van der Waals surface area contributed by atoms with E-state index in [1.807, 2.05) is 0 Å². The fraction of sp³-hybridized carbons (Fsp3) is 0.256. The fourth-order valence-corrected chi connectivity index (χ4v) is 8.66. The highest BCUT2D eigenvalue weighted by molar-refractivity contribution is 8.00. The average molecular weight is 848 g/mol. The minimum absolute atomic E-state index is 0.0509. The Balaban J connectivity index is 1.30. The summed E-state index contributed by atoms with van der Waals surface area (Å²) in [5, 5.41) is 9.37. The second kappa shape index (κ2) is 17.6. The molecule has 3 aromatic carbocycles. The number of nitrogens with one attached hydrogen (secondary N) is 2. The molecule has 58 heavy (non-hydrogen) atoms. The molecule has 1 saturated heterocycles. The van der Waals surface area contributed by atoms with E-state index in [9.17, 15) is 32.4 Å². The monoisotopic (exact) mass is 847 g/mol. The third kappa shape index (κ3) is 9.72. The van der Waals surface area contributed by atoms with E-state index in [0.29, 0.717) is 17.5 Å².